The maximum Gasteiger partial charge on any atom is 0.328 e. The molecule has 1 fully saturated rings. The van der Waals surface area contributed by atoms with Gasteiger partial charge >= 0.3 is 5.69 Å². The van der Waals surface area contributed by atoms with Crippen LogP contribution in [0.15, 0.2) is 21.9 Å². The predicted molar refractivity (Wildman–Crippen MR) is 74.3 cm³/mol. The highest BCUT2D eigenvalue weighted by Crippen LogP contribution is 2.23. The van der Waals surface area contributed by atoms with E-state index in [-0.39, 0.29) is 18.5 Å². The average molecular weight is 280 g/mol. The summed E-state index contributed by atoms with van der Waals surface area (Å²) in [6.45, 7) is 0.465. The Morgan fingerprint density at radius 1 is 1.40 bits per heavy atom. The Hall–Kier alpha value is -1.89. The number of hydrogen-bond donors (Lipinski definition) is 3. The second-order valence-electron chi connectivity index (χ2n) is 5.19. The molecule has 0 spiro atoms. The van der Waals surface area contributed by atoms with E-state index < -0.39 is 11.2 Å². The van der Waals surface area contributed by atoms with Crippen LogP contribution in [0.4, 0.5) is 0 Å². The normalized spacial score (nSPS) is 22.4. The van der Waals surface area contributed by atoms with Crippen molar-refractivity contribution in [2.75, 3.05) is 6.54 Å². The van der Waals surface area contributed by atoms with Crippen molar-refractivity contribution in [3.05, 3.63) is 33.1 Å². The number of hydrogen-bond acceptors (Lipinski definition) is 4. The Morgan fingerprint density at radius 2 is 2.15 bits per heavy atom. The zero-order valence-electron chi connectivity index (χ0n) is 11.3. The molecule has 7 heteroatoms. The van der Waals surface area contributed by atoms with Gasteiger partial charge in [-0.15, -0.1) is 0 Å². The van der Waals surface area contributed by atoms with Crippen LogP contribution in [0.3, 0.4) is 0 Å². The van der Waals surface area contributed by atoms with Crippen LogP contribution in [-0.2, 0) is 11.3 Å². The second kappa shape index (κ2) is 6.51. The molecule has 7 nitrogen and oxygen atoms in total. The number of aromatic amines is 1. The Balaban J connectivity index is 1.98. The van der Waals surface area contributed by atoms with E-state index in [2.05, 4.69) is 10.3 Å². The first-order chi connectivity index (χ1) is 9.60. The molecule has 1 amide bonds. The molecule has 1 heterocycles. The number of amides is 1. The highest BCUT2D eigenvalue weighted by molar-refractivity contribution is 5.76. The van der Waals surface area contributed by atoms with Gasteiger partial charge in [0.05, 0.1) is 0 Å². The van der Waals surface area contributed by atoms with E-state index in [1.807, 2.05) is 0 Å². The van der Waals surface area contributed by atoms with Crippen LogP contribution in [0, 0.1) is 5.92 Å². The summed E-state index contributed by atoms with van der Waals surface area (Å²) in [4.78, 5) is 36.5. The summed E-state index contributed by atoms with van der Waals surface area (Å²) in [5, 5.41) is 2.94. The molecular formula is C13H20N4O3. The van der Waals surface area contributed by atoms with Crippen LogP contribution < -0.4 is 22.3 Å². The summed E-state index contributed by atoms with van der Waals surface area (Å²) < 4.78 is 1.18. The van der Waals surface area contributed by atoms with Gasteiger partial charge in [-0.1, -0.05) is 12.8 Å². The van der Waals surface area contributed by atoms with Gasteiger partial charge in [0.25, 0.3) is 5.56 Å². The van der Waals surface area contributed by atoms with E-state index in [4.69, 9.17) is 5.73 Å². The molecule has 110 valence electrons. The molecule has 2 rings (SSSR count). The van der Waals surface area contributed by atoms with E-state index in [9.17, 15) is 14.4 Å². The summed E-state index contributed by atoms with van der Waals surface area (Å²) in [6, 6.07) is 1.30. The third-order valence-corrected chi connectivity index (χ3v) is 3.77. The van der Waals surface area contributed by atoms with Crippen molar-refractivity contribution in [1.29, 1.82) is 0 Å². The third kappa shape index (κ3) is 3.57. The standard InChI is InChI=1S/C13H20N4O3/c14-7-9-3-1-2-4-10(9)15-12(19)8-17-6-5-11(18)16-13(17)20/h5-6,9-10H,1-4,7-8,14H2,(H,15,19)(H,16,18,20). The van der Waals surface area contributed by atoms with Gasteiger partial charge in [0, 0.05) is 18.3 Å². The molecule has 1 saturated carbocycles. The van der Waals surface area contributed by atoms with E-state index in [1.54, 1.807) is 0 Å². The van der Waals surface area contributed by atoms with E-state index >= 15 is 0 Å². The number of carbonyl (C=O) groups is 1. The van der Waals surface area contributed by atoms with Gasteiger partial charge in [-0.2, -0.15) is 0 Å². The lowest BCUT2D eigenvalue weighted by Gasteiger charge is -2.31. The Morgan fingerprint density at radius 3 is 2.85 bits per heavy atom. The Bertz CT molecular complexity index is 577. The van der Waals surface area contributed by atoms with Crippen LogP contribution in [0.2, 0.25) is 0 Å². The molecule has 2 atom stereocenters. The zero-order chi connectivity index (χ0) is 14.5. The van der Waals surface area contributed by atoms with Gasteiger partial charge < -0.3 is 11.1 Å². The molecule has 0 aliphatic heterocycles. The number of nitrogens with one attached hydrogen (secondary N) is 2. The summed E-state index contributed by atoms with van der Waals surface area (Å²) in [5.74, 6) is 0.0736. The Labute approximate surface area is 116 Å². The van der Waals surface area contributed by atoms with Gasteiger partial charge in [0.15, 0.2) is 0 Å². The van der Waals surface area contributed by atoms with Gasteiger partial charge in [-0.3, -0.25) is 19.1 Å². The molecule has 1 aliphatic rings. The lowest BCUT2D eigenvalue weighted by molar-refractivity contribution is -0.123. The lowest BCUT2D eigenvalue weighted by Crippen LogP contribution is -2.46. The number of nitrogens with zero attached hydrogens (tertiary/aromatic N) is 1. The molecule has 0 bridgehead atoms. The van der Waals surface area contributed by atoms with Crippen molar-refractivity contribution in [3.63, 3.8) is 0 Å². The maximum atomic E-state index is 12.0. The third-order valence-electron chi connectivity index (χ3n) is 3.77. The predicted octanol–water partition coefficient (Wildman–Crippen LogP) is -0.830. The van der Waals surface area contributed by atoms with Crippen LogP contribution in [-0.4, -0.2) is 28.0 Å². The first kappa shape index (κ1) is 14.5. The number of H-pyrrole nitrogens is 1. The minimum Gasteiger partial charge on any atom is -0.351 e. The molecule has 0 aromatic carbocycles. The SMILES string of the molecule is NCC1CCCCC1NC(=O)Cn1ccc(=O)[nH]c1=O. The van der Waals surface area contributed by atoms with Crippen molar-refractivity contribution in [2.24, 2.45) is 11.7 Å². The molecule has 1 aliphatic carbocycles. The fourth-order valence-electron chi connectivity index (χ4n) is 2.66. The molecule has 2 unspecified atom stereocenters. The van der Waals surface area contributed by atoms with Crippen molar-refractivity contribution in [3.8, 4) is 0 Å². The molecule has 1 aromatic heterocycles. The van der Waals surface area contributed by atoms with Crippen molar-refractivity contribution in [2.45, 2.75) is 38.3 Å². The fourth-order valence-corrected chi connectivity index (χ4v) is 2.66. The summed E-state index contributed by atoms with van der Waals surface area (Å²) in [5.41, 5.74) is 4.67. The monoisotopic (exact) mass is 280 g/mol. The topological polar surface area (TPSA) is 110 Å². The van der Waals surface area contributed by atoms with Crippen molar-refractivity contribution >= 4 is 5.91 Å². The molecule has 0 radical (unpaired) electrons. The minimum atomic E-state index is -0.577. The van der Waals surface area contributed by atoms with Crippen LogP contribution in [0.1, 0.15) is 25.7 Å². The van der Waals surface area contributed by atoms with E-state index in [0.717, 1.165) is 25.7 Å². The Kier molecular flexibility index (Phi) is 4.73. The summed E-state index contributed by atoms with van der Waals surface area (Å²) in [7, 11) is 0. The first-order valence-corrected chi connectivity index (χ1v) is 6.89. The summed E-state index contributed by atoms with van der Waals surface area (Å²) in [6.07, 6.45) is 5.50. The van der Waals surface area contributed by atoms with Crippen LogP contribution >= 0.6 is 0 Å². The number of rotatable bonds is 4. The first-order valence-electron chi connectivity index (χ1n) is 6.89. The highest BCUT2D eigenvalue weighted by Gasteiger charge is 2.25. The number of nitrogens with two attached hydrogens (primary N) is 1. The van der Waals surface area contributed by atoms with Crippen LogP contribution in [0.5, 0.6) is 0 Å². The molecule has 4 N–H and O–H groups in total. The quantitative estimate of drug-likeness (QED) is 0.668. The van der Waals surface area contributed by atoms with Crippen molar-refractivity contribution < 1.29 is 4.79 Å². The minimum absolute atomic E-state index is 0.0831. The molecule has 20 heavy (non-hydrogen) atoms. The molecule has 0 saturated heterocycles. The lowest BCUT2D eigenvalue weighted by atomic mass is 9.84. The van der Waals surface area contributed by atoms with Crippen LogP contribution in [0.25, 0.3) is 0 Å². The van der Waals surface area contributed by atoms with Gasteiger partial charge in [0.1, 0.15) is 6.54 Å². The van der Waals surface area contributed by atoms with E-state index in [1.165, 1.54) is 16.8 Å². The fraction of sp³-hybridized carbons (Fsp3) is 0.615. The summed E-state index contributed by atoms with van der Waals surface area (Å²) >= 11 is 0. The molecule has 1 aromatic rings. The number of carbonyl (C=O) groups excluding carboxylic acids is 1. The molecular weight excluding hydrogens is 260 g/mol. The maximum absolute atomic E-state index is 12.0. The van der Waals surface area contributed by atoms with Gasteiger partial charge in [-0.05, 0) is 25.3 Å². The smallest absolute Gasteiger partial charge is 0.328 e. The number of aromatic nitrogens is 2. The van der Waals surface area contributed by atoms with Gasteiger partial charge in [-0.25, -0.2) is 4.79 Å². The van der Waals surface area contributed by atoms with Gasteiger partial charge in [0.2, 0.25) is 5.91 Å². The largest absolute Gasteiger partial charge is 0.351 e. The average Bonchev–Trinajstić information content (AvgIpc) is 2.42. The van der Waals surface area contributed by atoms with E-state index in [0.29, 0.717) is 12.5 Å². The van der Waals surface area contributed by atoms with Crippen molar-refractivity contribution in [1.82, 2.24) is 14.9 Å². The zero-order valence-corrected chi connectivity index (χ0v) is 11.3. The second-order valence-corrected chi connectivity index (χ2v) is 5.19. The highest BCUT2D eigenvalue weighted by atomic mass is 16.2.